The molecule has 120 valence electrons. The SMILES string of the molecule is CC(=O)c1cc(C2CC(=O)Nc3n[nH]c(-c4ccccn4)c32)cs1. The van der Waals surface area contributed by atoms with E-state index in [0.717, 1.165) is 22.5 Å². The maximum Gasteiger partial charge on any atom is 0.226 e. The Morgan fingerprint density at radius 1 is 1.38 bits per heavy atom. The molecular formula is C17H14N4O2S. The lowest BCUT2D eigenvalue weighted by Gasteiger charge is -2.22. The Morgan fingerprint density at radius 3 is 2.96 bits per heavy atom. The van der Waals surface area contributed by atoms with Gasteiger partial charge in [0.25, 0.3) is 0 Å². The van der Waals surface area contributed by atoms with Gasteiger partial charge in [0.2, 0.25) is 5.91 Å². The second-order valence-corrected chi connectivity index (χ2v) is 6.59. The van der Waals surface area contributed by atoms with Gasteiger partial charge in [-0.25, -0.2) is 0 Å². The summed E-state index contributed by atoms with van der Waals surface area (Å²) in [6, 6.07) is 7.53. The average Bonchev–Trinajstić information content (AvgIpc) is 3.22. The summed E-state index contributed by atoms with van der Waals surface area (Å²) in [6.07, 6.45) is 2.04. The number of Topliss-reactive ketones (excluding diaryl/α,β-unsaturated/α-hetero) is 1. The van der Waals surface area contributed by atoms with Crippen LogP contribution < -0.4 is 5.32 Å². The number of hydrogen-bond donors (Lipinski definition) is 2. The van der Waals surface area contributed by atoms with Crippen LogP contribution in [0.15, 0.2) is 35.8 Å². The molecule has 7 heteroatoms. The van der Waals surface area contributed by atoms with Crippen molar-refractivity contribution < 1.29 is 9.59 Å². The van der Waals surface area contributed by atoms with Crippen LogP contribution in [-0.2, 0) is 4.79 Å². The van der Waals surface area contributed by atoms with Gasteiger partial charge >= 0.3 is 0 Å². The molecule has 4 heterocycles. The van der Waals surface area contributed by atoms with E-state index in [1.54, 1.807) is 13.1 Å². The smallest absolute Gasteiger partial charge is 0.226 e. The third-order valence-electron chi connectivity index (χ3n) is 4.09. The van der Waals surface area contributed by atoms with E-state index in [4.69, 9.17) is 0 Å². The zero-order chi connectivity index (χ0) is 16.7. The van der Waals surface area contributed by atoms with Crippen molar-refractivity contribution in [1.29, 1.82) is 0 Å². The van der Waals surface area contributed by atoms with Crippen LogP contribution in [0.4, 0.5) is 5.82 Å². The van der Waals surface area contributed by atoms with Gasteiger partial charge in [-0.3, -0.25) is 19.7 Å². The molecule has 0 spiro atoms. The lowest BCUT2D eigenvalue weighted by Crippen LogP contribution is -2.23. The van der Waals surface area contributed by atoms with Crippen molar-refractivity contribution in [3.8, 4) is 11.4 Å². The molecule has 6 nitrogen and oxygen atoms in total. The number of aromatic amines is 1. The van der Waals surface area contributed by atoms with Gasteiger partial charge in [-0.1, -0.05) is 6.07 Å². The molecule has 1 aliphatic rings. The maximum atomic E-state index is 12.1. The minimum Gasteiger partial charge on any atom is -0.309 e. The normalized spacial score (nSPS) is 16.5. The maximum absolute atomic E-state index is 12.1. The number of hydrogen-bond acceptors (Lipinski definition) is 5. The van der Waals surface area contributed by atoms with Crippen molar-refractivity contribution in [2.24, 2.45) is 0 Å². The first kappa shape index (κ1) is 14.8. The Labute approximate surface area is 141 Å². The van der Waals surface area contributed by atoms with Crippen molar-refractivity contribution in [2.75, 3.05) is 5.32 Å². The summed E-state index contributed by atoms with van der Waals surface area (Å²) in [5.74, 6) is 0.340. The number of carbonyl (C=O) groups is 2. The van der Waals surface area contributed by atoms with Gasteiger partial charge in [-0.15, -0.1) is 11.3 Å². The van der Waals surface area contributed by atoms with E-state index < -0.39 is 0 Å². The Bertz CT molecular complexity index is 929. The second-order valence-electron chi connectivity index (χ2n) is 5.68. The highest BCUT2D eigenvalue weighted by molar-refractivity contribution is 7.12. The average molecular weight is 338 g/mol. The van der Waals surface area contributed by atoms with Gasteiger partial charge in [0, 0.05) is 24.1 Å². The van der Waals surface area contributed by atoms with Gasteiger partial charge in [0.05, 0.1) is 16.3 Å². The fourth-order valence-corrected chi connectivity index (χ4v) is 3.83. The van der Waals surface area contributed by atoms with Crippen molar-refractivity contribution in [1.82, 2.24) is 15.2 Å². The fraction of sp³-hybridized carbons (Fsp3) is 0.176. The number of nitrogens with one attached hydrogen (secondary N) is 2. The predicted octanol–water partition coefficient (Wildman–Crippen LogP) is 3.21. The van der Waals surface area contributed by atoms with E-state index in [9.17, 15) is 9.59 Å². The van der Waals surface area contributed by atoms with Crippen LogP contribution in [0.25, 0.3) is 11.4 Å². The highest BCUT2D eigenvalue weighted by Gasteiger charge is 2.33. The molecule has 0 bridgehead atoms. The number of fused-ring (bicyclic) bond motifs is 1. The fourth-order valence-electron chi connectivity index (χ4n) is 2.96. The Morgan fingerprint density at radius 2 is 2.25 bits per heavy atom. The van der Waals surface area contributed by atoms with E-state index in [2.05, 4.69) is 20.5 Å². The molecule has 4 rings (SSSR count). The number of pyridine rings is 1. The number of nitrogens with zero attached hydrogens (tertiary/aromatic N) is 2. The zero-order valence-electron chi connectivity index (χ0n) is 12.9. The molecule has 0 radical (unpaired) electrons. The van der Waals surface area contributed by atoms with Crippen molar-refractivity contribution >= 4 is 28.8 Å². The second kappa shape index (κ2) is 5.68. The standard InChI is InChI=1S/C17H14N4O2S/c1-9(22)13-6-10(8-24-13)11-7-14(23)19-17-15(11)16(20-21-17)12-4-2-3-5-18-12/h2-6,8,11H,7H2,1H3,(H2,19,20,21,23). The molecule has 0 aromatic carbocycles. The van der Waals surface area contributed by atoms with Crippen LogP contribution in [0.1, 0.15) is 40.1 Å². The summed E-state index contributed by atoms with van der Waals surface area (Å²) < 4.78 is 0. The van der Waals surface area contributed by atoms with E-state index in [1.165, 1.54) is 11.3 Å². The van der Waals surface area contributed by atoms with Crippen LogP contribution in [0.5, 0.6) is 0 Å². The van der Waals surface area contributed by atoms with Crippen LogP contribution >= 0.6 is 11.3 Å². The summed E-state index contributed by atoms with van der Waals surface area (Å²) in [5.41, 5.74) is 3.45. The number of thiophene rings is 1. The van der Waals surface area contributed by atoms with Crippen LogP contribution in [-0.4, -0.2) is 26.9 Å². The third-order valence-corrected chi connectivity index (χ3v) is 5.14. The number of rotatable bonds is 3. The summed E-state index contributed by atoms with van der Waals surface area (Å²) in [7, 11) is 0. The minimum atomic E-state index is -0.145. The van der Waals surface area contributed by atoms with Gasteiger partial charge in [-0.05, 0) is 36.1 Å². The van der Waals surface area contributed by atoms with Crippen LogP contribution in [0, 0.1) is 0 Å². The van der Waals surface area contributed by atoms with E-state index >= 15 is 0 Å². The molecule has 24 heavy (non-hydrogen) atoms. The van der Waals surface area contributed by atoms with Gasteiger partial charge in [-0.2, -0.15) is 5.10 Å². The summed E-state index contributed by atoms with van der Waals surface area (Å²) in [4.78, 5) is 28.7. The number of amides is 1. The summed E-state index contributed by atoms with van der Waals surface area (Å²) in [6.45, 7) is 1.55. The molecule has 2 N–H and O–H groups in total. The van der Waals surface area contributed by atoms with Crippen molar-refractivity contribution in [2.45, 2.75) is 19.3 Å². The third kappa shape index (κ3) is 2.43. The van der Waals surface area contributed by atoms with Crippen LogP contribution in [0.2, 0.25) is 0 Å². The molecule has 1 aliphatic heterocycles. The Hall–Kier alpha value is -2.80. The first-order valence-electron chi connectivity index (χ1n) is 7.52. The lowest BCUT2D eigenvalue weighted by molar-refractivity contribution is -0.116. The van der Waals surface area contributed by atoms with Crippen molar-refractivity contribution in [3.63, 3.8) is 0 Å². The molecule has 1 amide bonds. The lowest BCUT2D eigenvalue weighted by atomic mass is 9.86. The van der Waals surface area contributed by atoms with E-state index in [0.29, 0.717) is 17.1 Å². The molecule has 1 atom stereocenters. The molecule has 0 fully saturated rings. The molecule has 0 saturated carbocycles. The number of H-pyrrole nitrogens is 1. The summed E-state index contributed by atoms with van der Waals surface area (Å²) >= 11 is 1.40. The largest absolute Gasteiger partial charge is 0.309 e. The number of carbonyl (C=O) groups excluding carboxylic acids is 2. The first-order valence-corrected chi connectivity index (χ1v) is 8.40. The number of anilines is 1. The van der Waals surface area contributed by atoms with Crippen molar-refractivity contribution in [3.05, 3.63) is 51.8 Å². The van der Waals surface area contributed by atoms with E-state index in [1.807, 2.05) is 29.6 Å². The molecule has 3 aromatic rings. The van der Waals surface area contributed by atoms with Gasteiger partial charge in [0.1, 0.15) is 0 Å². The molecular weight excluding hydrogens is 324 g/mol. The Kier molecular flexibility index (Phi) is 3.50. The highest BCUT2D eigenvalue weighted by Crippen LogP contribution is 2.42. The minimum absolute atomic E-state index is 0.0314. The molecule has 1 unspecified atom stereocenters. The Balaban J connectivity index is 1.84. The molecule has 0 saturated heterocycles. The molecule has 3 aromatic heterocycles. The molecule has 0 aliphatic carbocycles. The highest BCUT2D eigenvalue weighted by atomic mass is 32.1. The van der Waals surface area contributed by atoms with Crippen LogP contribution in [0.3, 0.4) is 0 Å². The first-order chi connectivity index (χ1) is 11.6. The zero-order valence-corrected chi connectivity index (χ0v) is 13.7. The van der Waals surface area contributed by atoms with Gasteiger partial charge < -0.3 is 5.32 Å². The topological polar surface area (TPSA) is 87.7 Å². The number of aromatic nitrogens is 3. The van der Waals surface area contributed by atoms with Gasteiger partial charge in [0.15, 0.2) is 11.6 Å². The number of ketones is 1. The predicted molar refractivity (Wildman–Crippen MR) is 91.2 cm³/mol. The quantitative estimate of drug-likeness (QED) is 0.718. The van der Waals surface area contributed by atoms with E-state index in [-0.39, 0.29) is 17.6 Å². The monoisotopic (exact) mass is 338 g/mol. The summed E-state index contributed by atoms with van der Waals surface area (Å²) in [5, 5.41) is 12.0.